The minimum atomic E-state index is -0.280. The largest absolute Gasteiger partial charge is 0.483 e. The first-order chi connectivity index (χ1) is 10.9. The zero-order valence-corrected chi connectivity index (χ0v) is 14.3. The van der Waals surface area contributed by atoms with Crippen LogP contribution in [0, 0.1) is 27.7 Å². The first-order valence-electron chi connectivity index (χ1n) is 7.26. The number of hydrogen-bond acceptors (Lipinski definition) is 5. The van der Waals surface area contributed by atoms with Gasteiger partial charge < -0.3 is 4.74 Å². The molecule has 0 aliphatic heterocycles. The van der Waals surface area contributed by atoms with E-state index in [1.54, 1.807) is 15.9 Å². The molecule has 2 aromatic heterocycles. The number of anilines is 1. The molecule has 0 aliphatic carbocycles. The molecular formula is C16H18N4O2S. The van der Waals surface area contributed by atoms with Crippen molar-refractivity contribution in [2.45, 2.75) is 27.7 Å². The summed E-state index contributed by atoms with van der Waals surface area (Å²) in [5.74, 6) is 0.724. The molecule has 1 amide bonds. The number of rotatable bonds is 4. The maximum Gasteiger partial charge on any atom is 0.264 e. The van der Waals surface area contributed by atoms with Gasteiger partial charge in [-0.3, -0.25) is 10.1 Å². The normalized spacial score (nSPS) is 11.0. The Morgan fingerprint density at radius 3 is 2.78 bits per heavy atom. The molecule has 3 rings (SSSR count). The Morgan fingerprint density at radius 1 is 1.30 bits per heavy atom. The van der Waals surface area contributed by atoms with Crippen LogP contribution in [0.1, 0.15) is 21.7 Å². The van der Waals surface area contributed by atoms with Crippen molar-refractivity contribution in [1.29, 1.82) is 0 Å². The first-order valence-corrected chi connectivity index (χ1v) is 8.08. The number of aryl methyl sites for hydroxylation is 4. The average molecular weight is 330 g/mol. The maximum atomic E-state index is 12.0. The molecule has 0 radical (unpaired) electrons. The Kier molecular flexibility index (Phi) is 4.04. The Hall–Kier alpha value is -2.41. The summed E-state index contributed by atoms with van der Waals surface area (Å²) in [5, 5.41) is 6.95. The van der Waals surface area contributed by atoms with Crippen molar-refractivity contribution in [2.75, 3.05) is 11.9 Å². The third-order valence-corrected chi connectivity index (χ3v) is 4.64. The molecule has 0 unspecified atom stereocenters. The highest BCUT2D eigenvalue weighted by atomic mass is 32.1. The summed E-state index contributed by atoms with van der Waals surface area (Å²) in [6.45, 7) is 7.89. The van der Waals surface area contributed by atoms with Crippen LogP contribution in [0.3, 0.4) is 0 Å². The standard InChI is InChI=1S/C16H18N4O2S/c1-9-5-6-13(10(2)7-9)22-8-14(21)17-15-18-16-20(19-15)11(3)12(4)23-16/h5-7H,8H2,1-4H3,(H,17,19,21). The summed E-state index contributed by atoms with van der Waals surface area (Å²) < 4.78 is 7.29. The highest BCUT2D eigenvalue weighted by molar-refractivity contribution is 7.17. The van der Waals surface area contributed by atoms with Gasteiger partial charge in [0.2, 0.25) is 4.96 Å². The number of nitrogens with one attached hydrogen (secondary N) is 1. The molecule has 23 heavy (non-hydrogen) atoms. The second-order valence-corrected chi connectivity index (χ2v) is 6.66. The number of carbonyl (C=O) groups excluding carboxylic acids is 1. The molecule has 0 atom stereocenters. The van der Waals surface area contributed by atoms with Gasteiger partial charge in [0.1, 0.15) is 5.75 Å². The summed E-state index contributed by atoms with van der Waals surface area (Å²) in [4.78, 5) is 18.2. The van der Waals surface area contributed by atoms with Crippen molar-refractivity contribution in [2.24, 2.45) is 0 Å². The SMILES string of the molecule is Cc1ccc(OCC(=O)Nc2nc3sc(C)c(C)n3n2)c(C)c1. The highest BCUT2D eigenvalue weighted by Gasteiger charge is 2.13. The average Bonchev–Trinajstić information content (AvgIpc) is 2.98. The molecule has 0 bridgehead atoms. The molecule has 1 aromatic carbocycles. The fourth-order valence-electron chi connectivity index (χ4n) is 2.26. The van der Waals surface area contributed by atoms with Crippen LogP contribution in [0.5, 0.6) is 5.75 Å². The molecular weight excluding hydrogens is 312 g/mol. The molecule has 3 aromatic rings. The topological polar surface area (TPSA) is 68.5 Å². The van der Waals surface area contributed by atoms with Gasteiger partial charge in [0.25, 0.3) is 11.9 Å². The molecule has 0 saturated carbocycles. The van der Waals surface area contributed by atoms with Crippen LogP contribution in [-0.4, -0.2) is 27.1 Å². The predicted molar refractivity (Wildman–Crippen MR) is 90.4 cm³/mol. The maximum absolute atomic E-state index is 12.0. The van der Waals surface area contributed by atoms with E-state index in [0.717, 1.165) is 26.7 Å². The van der Waals surface area contributed by atoms with Crippen molar-refractivity contribution in [1.82, 2.24) is 14.6 Å². The summed E-state index contributed by atoms with van der Waals surface area (Å²) in [6.07, 6.45) is 0. The third kappa shape index (κ3) is 3.19. The molecule has 7 heteroatoms. The zero-order valence-electron chi connectivity index (χ0n) is 13.5. The predicted octanol–water partition coefficient (Wildman–Crippen LogP) is 3.04. The second-order valence-electron chi connectivity index (χ2n) is 5.48. The molecule has 6 nitrogen and oxygen atoms in total. The fourth-order valence-corrected chi connectivity index (χ4v) is 3.16. The van der Waals surface area contributed by atoms with Gasteiger partial charge in [-0.1, -0.05) is 29.0 Å². The van der Waals surface area contributed by atoms with Crippen molar-refractivity contribution in [3.8, 4) is 5.75 Å². The summed E-state index contributed by atoms with van der Waals surface area (Å²) in [7, 11) is 0. The lowest BCUT2D eigenvalue weighted by atomic mass is 10.1. The Morgan fingerprint density at radius 2 is 2.09 bits per heavy atom. The van der Waals surface area contributed by atoms with Crippen LogP contribution in [-0.2, 0) is 4.79 Å². The van der Waals surface area contributed by atoms with E-state index in [9.17, 15) is 4.79 Å². The van der Waals surface area contributed by atoms with E-state index in [2.05, 4.69) is 15.4 Å². The van der Waals surface area contributed by atoms with Crippen molar-refractivity contribution in [3.05, 3.63) is 39.9 Å². The minimum Gasteiger partial charge on any atom is -0.483 e. The molecule has 2 heterocycles. The van der Waals surface area contributed by atoms with Gasteiger partial charge in [-0.05, 0) is 39.3 Å². The van der Waals surface area contributed by atoms with Crippen LogP contribution in [0.4, 0.5) is 5.95 Å². The van der Waals surface area contributed by atoms with Crippen LogP contribution >= 0.6 is 11.3 Å². The van der Waals surface area contributed by atoms with E-state index in [0.29, 0.717) is 11.7 Å². The highest BCUT2D eigenvalue weighted by Crippen LogP contribution is 2.21. The van der Waals surface area contributed by atoms with Gasteiger partial charge in [-0.25, -0.2) is 4.52 Å². The van der Waals surface area contributed by atoms with E-state index in [-0.39, 0.29) is 12.5 Å². The Balaban J connectivity index is 1.64. The van der Waals surface area contributed by atoms with Gasteiger partial charge in [0.05, 0.1) is 5.69 Å². The molecule has 120 valence electrons. The molecule has 0 spiro atoms. The smallest absolute Gasteiger partial charge is 0.264 e. The number of amides is 1. The lowest BCUT2D eigenvalue weighted by Gasteiger charge is -2.08. The monoisotopic (exact) mass is 330 g/mol. The number of nitrogens with zero attached hydrogens (tertiary/aromatic N) is 3. The summed E-state index contributed by atoms with van der Waals surface area (Å²) in [5.41, 5.74) is 3.20. The summed E-state index contributed by atoms with van der Waals surface area (Å²) >= 11 is 1.55. The number of ether oxygens (including phenoxy) is 1. The van der Waals surface area contributed by atoms with E-state index in [1.165, 1.54) is 0 Å². The van der Waals surface area contributed by atoms with Crippen molar-refractivity contribution >= 4 is 28.2 Å². The quantitative estimate of drug-likeness (QED) is 0.798. The number of aromatic nitrogens is 3. The van der Waals surface area contributed by atoms with E-state index < -0.39 is 0 Å². The lowest BCUT2D eigenvalue weighted by molar-refractivity contribution is -0.118. The van der Waals surface area contributed by atoms with E-state index in [4.69, 9.17) is 4.74 Å². The first kappa shape index (κ1) is 15.5. The van der Waals surface area contributed by atoms with Crippen LogP contribution in [0.15, 0.2) is 18.2 Å². The fraction of sp³-hybridized carbons (Fsp3) is 0.312. The Labute approximate surface area is 138 Å². The third-order valence-electron chi connectivity index (χ3n) is 3.59. The van der Waals surface area contributed by atoms with Gasteiger partial charge in [0, 0.05) is 4.88 Å². The summed E-state index contributed by atoms with van der Waals surface area (Å²) in [6, 6.07) is 5.84. The van der Waals surface area contributed by atoms with Gasteiger partial charge >= 0.3 is 0 Å². The van der Waals surface area contributed by atoms with E-state index >= 15 is 0 Å². The number of fused-ring (bicyclic) bond motifs is 1. The Bertz CT molecular complexity index is 882. The van der Waals surface area contributed by atoms with Crippen LogP contribution < -0.4 is 10.1 Å². The van der Waals surface area contributed by atoms with Gasteiger partial charge in [0.15, 0.2) is 6.61 Å². The van der Waals surface area contributed by atoms with Gasteiger partial charge in [-0.2, -0.15) is 4.98 Å². The minimum absolute atomic E-state index is 0.0746. The second kappa shape index (κ2) is 6.00. The van der Waals surface area contributed by atoms with E-state index in [1.807, 2.05) is 45.9 Å². The number of thiazole rings is 1. The lowest BCUT2D eigenvalue weighted by Crippen LogP contribution is -2.21. The zero-order chi connectivity index (χ0) is 16.6. The number of carbonyl (C=O) groups is 1. The van der Waals surface area contributed by atoms with Crippen molar-refractivity contribution < 1.29 is 9.53 Å². The van der Waals surface area contributed by atoms with Crippen LogP contribution in [0.25, 0.3) is 4.96 Å². The van der Waals surface area contributed by atoms with Crippen molar-refractivity contribution in [3.63, 3.8) is 0 Å². The molecule has 0 saturated heterocycles. The number of hydrogen-bond donors (Lipinski definition) is 1. The molecule has 0 aliphatic rings. The van der Waals surface area contributed by atoms with Crippen LogP contribution in [0.2, 0.25) is 0 Å². The molecule has 0 fully saturated rings. The molecule has 1 N–H and O–H groups in total. The number of benzene rings is 1. The van der Waals surface area contributed by atoms with Gasteiger partial charge in [-0.15, -0.1) is 5.10 Å².